The van der Waals surface area contributed by atoms with Crippen molar-refractivity contribution in [3.05, 3.63) is 47.5 Å². The molecule has 1 N–H and O–H groups in total. The molecule has 0 saturated heterocycles. The predicted molar refractivity (Wildman–Crippen MR) is 105 cm³/mol. The molecule has 0 bridgehead atoms. The van der Waals surface area contributed by atoms with Crippen LogP contribution in [0.4, 0.5) is 0 Å². The fraction of sp³-hybridized carbons (Fsp3) is 0.381. The molecule has 0 aliphatic carbocycles. The van der Waals surface area contributed by atoms with Crippen LogP contribution < -0.4 is 5.32 Å². The van der Waals surface area contributed by atoms with E-state index in [0.717, 1.165) is 23.7 Å². The van der Waals surface area contributed by atoms with Crippen molar-refractivity contribution in [2.75, 3.05) is 33.7 Å². The third-order valence-corrected chi connectivity index (χ3v) is 4.75. The number of amides is 3. The van der Waals surface area contributed by atoms with Crippen molar-refractivity contribution in [1.29, 1.82) is 0 Å². The van der Waals surface area contributed by atoms with Crippen LogP contribution in [0.2, 0.25) is 0 Å². The predicted octanol–water partition coefficient (Wildman–Crippen LogP) is 2.28. The van der Waals surface area contributed by atoms with Gasteiger partial charge < -0.3 is 10.2 Å². The van der Waals surface area contributed by atoms with Gasteiger partial charge in [0.15, 0.2) is 0 Å². The molecule has 2 aromatic rings. The van der Waals surface area contributed by atoms with Gasteiger partial charge in [-0.25, -0.2) is 0 Å². The molecule has 3 rings (SSSR count). The second-order valence-corrected chi connectivity index (χ2v) is 7.08. The Balaban J connectivity index is 1.58. The Morgan fingerprint density at radius 3 is 2.22 bits per heavy atom. The van der Waals surface area contributed by atoms with Gasteiger partial charge in [-0.05, 0) is 51.0 Å². The number of rotatable bonds is 8. The lowest BCUT2D eigenvalue weighted by molar-refractivity contribution is -0.121. The van der Waals surface area contributed by atoms with Crippen LogP contribution >= 0.6 is 0 Å². The van der Waals surface area contributed by atoms with E-state index >= 15 is 0 Å². The molecule has 142 valence electrons. The van der Waals surface area contributed by atoms with Crippen molar-refractivity contribution in [3.63, 3.8) is 0 Å². The Morgan fingerprint density at radius 1 is 1.00 bits per heavy atom. The topological polar surface area (TPSA) is 69.7 Å². The van der Waals surface area contributed by atoms with Crippen molar-refractivity contribution in [3.8, 4) is 0 Å². The summed E-state index contributed by atoms with van der Waals surface area (Å²) in [7, 11) is 3.99. The molecule has 0 atom stereocenters. The van der Waals surface area contributed by atoms with Crippen LogP contribution in [0, 0.1) is 0 Å². The summed E-state index contributed by atoms with van der Waals surface area (Å²) in [5.41, 5.74) is 1.10. The van der Waals surface area contributed by atoms with Crippen molar-refractivity contribution >= 4 is 28.5 Å². The normalized spacial score (nSPS) is 13.5. The lowest BCUT2D eigenvalue weighted by Gasteiger charge is -2.27. The van der Waals surface area contributed by atoms with E-state index in [0.29, 0.717) is 30.5 Å². The number of benzene rings is 2. The van der Waals surface area contributed by atoms with Gasteiger partial charge in [0, 0.05) is 36.0 Å². The van der Waals surface area contributed by atoms with Crippen molar-refractivity contribution in [1.82, 2.24) is 15.1 Å². The van der Waals surface area contributed by atoms with Crippen LogP contribution in [0.15, 0.2) is 36.4 Å². The third-order valence-electron chi connectivity index (χ3n) is 4.75. The van der Waals surface area contributed by atoms with Gasteiger partial charge in [-0.2, -0.15) is 0 Å². The zero-order chi connectivity index (χ0) is 19.4. The van der Waals surface area contributed by atoms with Crippen LogP contribution in [0.5, 0.6) is 0 Å². The molecule has 0 unspecified atom stereocenters. The molecular weight excluding hydrogens is 342 g/mol. The van der Waals surface area contributed by atoms with Gasteiger partial charge in [-0.1, -0.05) is 24.3 Å². The zero-order valence-corrected chi connectivity index (χ0v) is 15.8. The van der Waals surface area contributed by atoms with E-state index in [1.807, 2.05) is 38.4 Å². The van der Waals surface area contributed by atoms with Gasteiger partial charge in [-0.3, -0.25) is 19.3 Å². The number of imide groups is 1. The SMILES string of the molecule is CN(C)CCCNC(=O)CCCN1C(=O)c2cccc3cccc(c23)C1=O. The Morgan fingerprint density at radius 2 is 1.63 bits per heavy atom. The standard InChI is InChI=1S/C21H25N3O3/c1-23(2)13-6-12-22-18(25)11-5-14-24-20(26)16-9-3-7-15-8-4-10-17(19(15)16)21(24)27/h3-4,7-10H,5-6,11-14H2,1-2H3,(H,22,25). The summed E-state index contributed by atoms with van der Waals surface area (Å²) < 4.78 is 0. The van der Waals surface area contributed by atoms with E-state index < -0.39 is 0 Å². The highest BCUT2D eigenvalue weighted by atomic mass is 16.2. The first-order valence-electron chi connectivity index (χ1n) is 9.28. The maximum Gasteiger partial charge on any atom is 0.261 e. The van der Waals surface area contributed by atoms with Gasteiger partial charge in [0.05, 0.1) is 0 Å². The molecule has 0 saturated carbocycles. The molecular formula is C21H25N3O3. The third kappa shape index (κ3) is 4.17. The molecule has 1 heterocycles. The van der Waals surface area contributed by atoms with Crippen molar-refractivity contribution in [2.45, 2.75) is 19.3 Å². The molecule has 2 aromatic carbocycles. The van der Waals surface area contributed by atoms with Crippen molar-refractivity contribution in [2.24, 2.45) is 0 Å². The molecule has 0 fully saturated rings. The lowest BCUT2D eigenvalue weighted by atomic mass is 9.94. The van der Waals surface area contributed by atoms with Crippen LogP contribution in [0.1, 0.15) is 40.0 Å². The number of hydrogen-bond acceptors (Lipinski definition) is 4. The Labute approximate surface area is 159 Å². The van der Waals surface area contributed by atoms with Crippen LogP contribution in [-0.4, -0.2) is 61.3 Å². The van der Waals surface area contributed by atoms with Gasteiger partial charge in [0.2, 0.25) is 5.91 Å². The molecule has 27 heavy (non-hydrogen) atoms. The van der Waals surface area contributed by atoms with Crippen molar-refractivity contribution < 1.29 is 14.4 Å². The summed E-state index contributed by atoms with van der Waals surface area (Å²) in [5.74, 6) is -0.612. The number of nitrogens with zero attached hydrogens (tertiary/aromatic N) is 2. The Bertz CT molecular complexity index is 825. The summed E-state index contributed by atoms with van der Waals surface area (Å²) in [6, 6.07) is 11.0. The second-order valence-electron chi connectivity index (χ2n) is 7.08. The van der Waals surface area contributed by atoms with Gasteiger partial charge >= 0.3 is 0 Å². The zero-order valence-electron chi connectivity index (χ0n) is 15.8. The van der Waals surface area contributed by atoms with Gasteiger partial charge in [-0.15, -0.1) is 0 Å². The molecule has 6 nitrogen and oxygen atoms in total. The summed E-state index contributed by atoms with van der Waals surface area (Å²) in [4.78, 5) is 40.8. The number of carbonyl (C=O) groups excluding carboxylic acids is 3. The van der Waals surface area contributed by atoms with E-state index in [1.165, 1.54) is 4.90 Å². The largest absolute Gasteiger partial charge is 0.356 e. The summed E-state index contributed by atoms with van der Waals surface area (Å²) in [6.07, 6.45) is 1.64. The molecule has 0 aromatic heterocycles. The highest BCUT2D eigenvalue weighted by molar-refractivity contribution is 6.25. The monoisotopic (exact) mass is 367 g/mol. The molecule has 0 spiro atoms. The average molecular weight is 367 g/mol. The number of carbonyl (C=O) groups is 3. The van der Waals surface area contributed by atoms with Gasteiger partial charge in [0.1, 0.15) is 0 Å². The minimum absolute atomic E-state index is 0.0480. The fourth-order valence-corrected chi connectivity index (χ4v) is 3.39. The molecule has 1 aliphatic rings. The first-order valence-corrected chi connectivity index (χ1v) is 9.28. The average Bonchev–Trinajstić information content (AvgIpc) is 2.65. The van der Waals surface area contributed by atoms with E-state index in [2.05, 4.69) is 10.2 Å². The first-order chi connectivity index (χ1) is 13.0. The Hall–Kier alpha value is -2.73. The number of nitrogens with one attached hydrogen (secondary N) is 1. The molecule has 0 radical (unpaired) electrons. The summed E-state index contributed by atoms with van der Waals surface area (Å²) in [6.45, 7) is 1.80. The molecule has 3 amide bonds. The van der Waals surface area contributed by atoms with E-state index in [9.17, 15) is 14.4 Å². The molecule has 1 aliphatic heterocycles. The number of hydrogen-bond donors (Lipinski definition) is 1. The lowest BCUT2D eigenvalue weighted by Crippen LogP contribution is -2.41. The van der Waals surface area contributed by atoms with Gasteiger partial charge in [0.25, 0.3) is 11.8 Å². The summed E-state index contributed by atoms with van der Waals surface area (Å²) >= 11 is 0. The quantitative estimate of drug-likeness (QED) is 0.574. The fourth-order valence-electron chi connectivity index (χ4n) is 3.39. The maximum absolute atomic E-state index is 12.8. The maximum atomic E-state index is 12.8. The van der Waals surface area contributed by atoms with E-state index in [4.69, 9.17) is 0 Å². The van der Waals surface area contributed by atoms with Crippen LogP contribution in [0.3, 0.4) is 0 Å². The van der Waals surface area contributed by atoms with E-state index in [1.54, 1.807) is 12.1 Å². The summed E-state index contributed by atoms with van der Waals surface area (Å²) in [5, 5.41) is 4.49. The van der Waals surface area contributed by atoms with E-state index in [-0.39, 0.29) is 24.3 Å². The highest BCUT2D eigenvalue weighted by Gasteiger charge is 2.32. The minimum Gasteiger partial charge on any atom is -0.356 e. The second kappa shape index (κ2) is 8.31. The van der Waals surface area contributed by atoms with Crippen LogP contribution in [-0.2, 0) is 4.79 Å². The highest BCUT2D eigenvalue weighted by Crippen LogP contribution is 2.29. The minimum atomic E-state index is -0.282. The molecule has 6 heteroatoms. The Kier molecular flexibility index (Phi) is 5.86. The smallest absolute Gasteiger partial charge is 0.261 e. The van der Waals surface area contributed by atoms with Crippen LogP contribution in [0.25, 0.3) is 10.8 Å². The first kappa shape index (κ1) is 19.0.